The first-order chi connectivity index (χ1) is 14.0. The molecule has 0 aliphatic heterocycles. The van der Waals surface area contributed by atoms with Crippen LogP contribution in [0, 0.1) is 5.82 Å². The van der Waals surface area contributed by atoms with E-state index in [0.29, 0.717) is 23.5 Å². The van der Waals surface area contributed by atoms with E-state index in [4.69, 9.17) is 4.74 Å². The van der Waals surface area contributed by atoms with Crippen LogP contribution in [0.2, 0.25) is 0 Å². The third kappa shape index (κ3) is 5.82. The molecule has 0 aliphatic rings. The monoisotopic (exact) mass is 414 g/mol. The zero-order valence-corrected chi connectivity index (χ0v) is 16.5. The van der Waals surface area contributed by atoms with Crippen molar-refractivity contribution in [1.29, 1.82) is 0 Å². The van der Waals surface area contributed by atoms with Crippen LogP contribution in [0.1, 0.15) is 27.3 Å². The minimum Gasteiger partial charge on any atom is -0.494 e. The van der Waals surface area contributed by atoms with Gasteiger partial charge in [-0.05, 0) is 35.4 Å². The van der Waals surface area contributed by atoms with Crippen LogP contribution in [-0.2, 0) is 24.3 Å². The predicted molar refractivity (Wildman–Crippen MR) is 106 cm³/mol. The lowest BCUT2D eigenvalue weighted by Crippen LogP contribution is -2.25. The van der Waals surface area contributed by atoms with Crippen LogP contribution < -0.4 is 15.4 Å². The van der Waals surface area contributed by atoms with E-state index in [0.717, 1.165) is 5.56 Å². The molecule has 2 heterocycles. The molecule has 1 aromatic carbocycles. The number of methoxy groups -OCH3 is 1. The number of ether oxygens (including phenoxy) is 1. The first-order valence-electron chi connectivity index (χ1n) is 8.74. The molecular formula is C20H19FN4O3S. The van der Waals surface area contributed by atoms with Gasteiger partial charge in [-0.25, -0.2) is 9.37 Å². The van der Waals surface area contributed by atoms with Gasteiger partial charge < -0.3 is 15.4 Å². The molecular weight excluding hydrogens is 395 g/mol. The van der Waals surface area contributed by atoms with Crippen LogP contribution in [0.25, 0.3) is 0 Å². The molecule has 29 heavy (non-hydrogen) atoms. The molecule has 2 aromatic heterocycles. The van der Waals surface area contributed by atoms with E-state index < -0.39 is 5.82 Å². The quantitative estimate of drug-likeness (QED) is 0.591. The summed E-state index contributed by atoms with van der Waals surface area (Å²) in [7, 11) is 1.39. The van der Waals surface area contributed by atoms with Crippen LogP contribution >= 0.6 is 11.3 Å². The van der Waals surface area contributed by atoms with Gasteiger partial charge in [-0.2, -0.15) is 0 Å². The van der Waals surface area contributed by atoms with Crippen LogP contribution in [0.5, 0.6) is 5.75 Å². The number of pyridine rings is 1. The fourth-order valence-electron chi connectivity index (χ4n) is 2.59. The van der Waals surface area contributed by atoms with Gasteiger partial charge >= 0.3 is 0 Å². The molecule has 0 spiro atoms. The maximum Gasteiger partial charge on any atom is 0.271 e. The van der Waals surface area contributed by atoms with Gasteiger partial charge in [0.1, 0.15) is 5.69 Å². The topological polar surface area (TPSA) is 93.2 Å². The van der Waals surface area contributed by atoms with Crippen molar-refractivity contribution in [2.75, 3.05) is 7.11 Å². The Hall–Kier alpha value is -3.33. The van der Waals surface area contributed by atoms with Crippen LogP contribution in [0.15, 0.2) is 47.4 Å². The number of thiazole rings is 1. The van der Waals surface area contributed by atoms with Gasteiger partial charge in [0.2, 0.25) is 5.91 Å². The lowest BCUT2D eigenvalue weighted by atomic mass is 10.1. The summed E-state index contributed by atoms with van der Waals surface area (Å²) in [6, 6.07) is 8.00. The van der Waals surface area contributed by atoms with Gasteiger partial charge in [-0.1, -0.05) is 6.07 Å². The highest BCUT2D eigenvalue weighted by Crippen LogP contribution is 2.17. The second kappa shape index (κ2) is 9.74. The number of rotatable bonds is 8. The molecule has 0 saturated heterocycles. The average Bonchev–Trinajstić information content (AvgIpc) is 3.26. The molecule has 3 rings (SSSR count). The average molecular weight is 414 g/mol. The van der Waals surface area contributed by atoms with Crippen LogP contribution in [0.3, 0.4) is 0 Å². The minimum atomic E-state index is -0.508. The molecule has 9 heteroatoms. The van der Waals surface area contributed by atoms with Crippen LogP contribution in [0.4, 0.5) is 4.39 Å². The molecule has 2 amide bonds. The molecule has 150 valence electrons. The Labute approximate surface area is 171 Å². The number of amides is 2. The summed E-state index contributed by atoms with van der Waals surface area (Å²) in [6.07, 6.45) is 1.66. The smallest absolute Gasteiger partial charge is 0.271 e. The number of nitrogens with one attached hydrogen (secondary N) is 2. The molecule has 0 bridgehead atoms. The predicted octanol–water partition coefficient (Wildman–Crippen LogP) is 2.47. The molecule has 0 saturated carbocycles. The Bertz CT molecular complexity index is 995. The SMILES string of the molecule is COc1ccc(CC(=O)NCc2cc(CNC(=O)c3cscn3)ccn2)cc1F. The number of benzene rings is 1. The molecule has 3 aromatic rings. The summed E-state index contributed by atoms with van der Waals surface area (Å²) in [5.74, 6) is -0.868. The van der Waals surface area contributed by atoms with E-state index in [1.807, 2.05) is 0 Å². The molecule has 0 aliphatic carbocycles. The van der Waals surface area contributed by atoms with E-state index in [9.17, 15) is 14.0 Å². The van der Waals surface area contributed by atoms with Gasteiger partial charge in [0.25, 0.3) is 5.91 Å². The van der Waals surface area contributed by atoms with E-state index in [1.165, 1.54) is 30.6 Å². The highest BCUT2D eigenvalue weighted by atomic mass is 32.1. The van der Waals surface area contributed by atoms with Crippen molar-refractivity contribution in [1.82, 2.24) is 20.6 Å². The minimum absolute atomic E-state index is 0.0459. The number of nitrogens with zero attached hydrogens (tertiary/aromatic N) is 2. The Morgan fingerprint density at radius 2 is 1.97 bits per heavy atom. The zero-order chi connectivity index (χ0) is 20.6. The van der Waals surface area contributed by atoms with E-state index in [1.54, 1.807) is 35.3 Å². The van der Waals surface area contributed by atoms with E-state index in [2.05, 4.69) is 20.6 Å². The Kier molecular flexibility index (Phi) is 6.85. The van der Waals surface area contributed by atoms with Crippen molar-refractivity contribution in [3.63, 3.8) is 0 Å². The number of carbonyl (C=O) groups excluding carboxylic acids is 2. The summed E-state index contributed by atoms with van der Waals surface area (Å²) in [5, 5.41) is 7.22. The first-order valence-corrected chi connectivity index (χ1v) is 9.68. The number of aromatic nitrogens is 2. The van der Waals surface area contributed by atoms with Crippen molar-refractivity contribution >= 4 is 23.2 Å². The maximum atomic E-state index is 13.7. The number of hydrogen-bond donors (Lipinski definition) is 2. The standard InChI is InChI=1S/C20H19FN4O3S/c1-28-18-3-2-13(7-16(18)21)8-19(26)23-10-15-6-14(4-5-22-15)9-24-20(27)17-11-29-12-25-17/h2-7,11-12H,8-10H2,1H3,(H,23,26)(H,24,27). The van der Waals surface area contributed by atoms with Crippen molar-refractivity contribution in [3.05, 3.63) is 75.8 Å². The first kappa shape index (κ1) is 20.4. The Balaban J connectivity index is 1.50. The van der Waals surface area contributed by atoms with E-state index >= 15 is 0 Å². The highest BCUT2D eigenvalue weighted by molar-refractivity contribution is 7.07. The van der Waals surface area contributed by atoms with Gasteiger partial charge in [-0.15, -0.1) is 11.3 Å². The summed E-state index contributed by atoms with van der Waals surface area (Å²) in [6.45, 7) is 0.552. The molecule has 2 N–H and O–H groups in total. The Morgan fingerprint density at radius 1 is 1.10 bits per heavy atom. The molecule has 0 atom stereocenters. The third-order valence-corrected chi connectivity index (χ3v) is 4.63. The highest BCUT2D eigenvalue weighted by Gasteiger charge is 2.09. The number of carbonyl (C=O) groups is 2. The second-order valence-electron chi connectivity index (χ2n) is 6.13. The number of hydrogen-bond acceptors (Lipinski definition) is 6. The van der Waals surface area contributed by atoms with Crippen molar-refractivity contribution in [3.8, 4) is 5.75 Å². The summed E-state index contributed by atoms with van der Waals surface area (Å²) in [4.78, 5) is 32.2. The molecule has 0 unspecified atom stereocenters. The van der Waals surface area contributed by atoms with Gasteiger partial charge in [0.05, 0.1) is 31.3 Å². The van der Waals surface area contributed by atoms with Crippen molar-refractivity contribution < 1.29 is 18.7 Å². The maximum absolute atomic E-state index is 13.7. The Morgan fingerprint density at radius 3 is 2.69 bits per heavy atom. The molecule has 0 radical (unpaired) electrons. The fourth-order valence-corrected chi connectivity index (χ4v) is 3.12. The molecule has 0 fully saturated rings. The fraction of sp³-hybridized carbons (Fsp3) is 0.200. The van der Waals surface area contributed by atoms with Crippen molar-refractivity contribution in [2.45, 2.75) is 19.5 Å². The number of halogens is 1. The molecule has 7 nitrogen and oxygen atoms in total. The van der Waals surface area contributed by atoms with Gasteiger partial charge in [0.15, 0.2) is 11.6 Å². The lowest BCUT2D eigenvalue weighted by Gasteiger charge is -2.08. The summed E-state index contributed by atoms with van der Waals surface area (Å²) in [5.41, 5.74) is 4.03. The second-order valence-corrected chi connectivity index (χ2v) is 6.85. The van der Waals surface area contributed by atoms with E-state index in [-0.39, 0.29) is 30.5 Å². The largest absolute Gasteiger partial charge is 0.494 e. The van der Waals surface area contributed by atoms with Gasteiger partial charge in [-0.3, -0.25) is 14.6 Å². The third-order valence-electron chi connectivity index (χ3n) is 4.05. The normalized spacial score (nSPS) is 10.4. The zero-order valence-electron chi connectivity index (χ0n) is 15.6. The lowest BCUT2D eigenvalue weighted by molar-refractivity contribution is -0.120. The van der Waals surface area contributed by atoms with Crippen LogP contribution in [-0.4, -0.2) is 28.9 Å². The van der Waals surface area contributed by atoms with Gasteiger partial charge in [0, 0.05) is 18.1 Å². The summed E-state index contributed by atoms with van der Waals surface area (Å²) >= 11 is 1.36. The summed E-state index contributed by atoms with van der Waals surface area (Å²) < 4.78 is 18.6. The van der Waals surface area contributed by atoms with Crippen molar-refractivity contribution in [2.24, 2.45) is 0 Å².